The van der Waals surface area contributed by atoms with E-state index in [1.807, 2.05) is 32.9 Å². The maximum absolute atomic E-state index is 12.7. The second-order valence-electron chi connectivity index (χ2n) is 7.91. The average molecular weight is 492 g/mol. The highest BCUT2D eigenvalue weighted by molar-refractivity contribution is 8.14. The zero-order valence-electron chi connectivity index (χ0n) is 19.4. The standard InChI is InChI=1S/C24H27F2N3O4S/c1-5-20-21(16-8-11-18(33-23(25)26)19(12-16)32-4)28-29(24(31)34-20)13-15-6-9-17(10-7-15)27-22(30)14(2)3/h6-12,14,20,23H,5,13H2,1-4H3,(H,27,30). The molecule has 0 spiro atoms. The van der Waals surface area contributed by atoms with E-state index in [1.54, 1.807) is 24.3 Å². The number of hydrazone groups is 1. The minimum atomic E-state index is -2.97. The summed E-state index contributed by atoms with van der Waals surface area (Å²) in [5, 5.41) is 8.44. The maximum atomic E-state index is 12.7. The molecule has 1 atom stereocenters. The lowest BCUT2D eigenvalue weighted by Gasteiger charge is -2.28. The molecule has 182 valence electrons. The average Bonchev–Trinajstić information content (AvgIpc) is 2.81. The van der Waals surface area contributed by atoms with E-state index in [0.717, 1.165) is 5.56 Å². The molecule has 3 rings (SSSR count). The van der Waals surface area contributed by atoms with Crippen LogP contribution in [0.25, 0.3) is 0 Å². The van der Waals surface area contributed by atoms with E-state index in [1.165, 1.54) is 29.9 Å². The van der Waals surface area contributed by atoms with Crippen molar-refractivity contribution in [2.45, 2.75) is 45.6 Å². The van der Waals surface area contributed by atoms with Gasteiger partial charge in [0.2, 0.25) is 5.91 Å². The number of carbonyl (C=O) groups excluding carboxylic acids is 2. The van der Waals surface area contributed by atoms with Crippen molar-refractivity contribution >= 4 is 34.3 Å². The molecule has 10 heteroatoms. The fraction of sp³-hybridized carbons (Fsp3) is 0.375. The zero-order valence-corrected chi connectivity index (χ0v) is 20.2. The first-order valence-corrected chi connectivity index (χ1v) is 11.7. The zero-order chi connectivity index (χ0) is 24.8. The highest BCUT2D eigenvalue weighted by Gasteiger charge is 2.30. The topological polar surface area (TPSA) is 80.2 Å². The minimum absolute atomic E-state index is 0.0732. The Labute approximate surface area is 201 Å². The summed E-state index contributed by atoms with van der Waals surface area (Å²) in [7, 11) is 1.37. The number of hydrogen-bond donors (Lipinski definition) is 1. The second-order valence-corrected chi connectivity index (χ2v) is 9.06. The molecule has 7 nitrogen and oxygen atoms in total. The third kappa shape index (κ3) is 6.25. The van der Waals surface area contributed by atoms with Crippen LogP contribution in [0.5, 0.6) is 11.5 Å². The summed E-state index contributed by atoms with van der Waals surface area (Å²) < 4.78 is 35.0. The number of anilines is 1. The van der Waals surface area contributed by atoms with Crippen molar-refractivity contribution in [3.63, 3.8) is 0 Å². The van der Waals surface area contributed by atoms with Crippen LogP contribution in [0, 0.1) is 5.92 Å². The fourth-order valence-electron chi connectivity index (χ4n) is 3.27. The summed E-state index contributed by atoms with van der Waals surface area (Å²) in [6, 6.07) is 11.8. The molecule has 2 aromatic rings. The lowest BCUT2D eigenvalue weighted by atomic mass is 10.0. The number of methoxy groups -OCH3 is 1. The summed E-state index contributed by atoms with van der Waals surface area (Å²) in [5.41, 5.74) is 2.82. The molecular formula is C24H27F2N3O4S. The van der Waals surface area contributed by atoms with Crippen LogP contribution >= 0.6 is 11.8 Å². The van der Waals surface area contributed by atoms with Gasteiger partial charge in [0.1, 0.15) is 0 Å². The summed E-state index contributed by atoms with van der Waals surface area (Å²) >= 11 is 1.17. The smallest absolute Gasteiger partial charge is 0.387 e. The predicted molar refractivity (Wildman–Crippen MR) is 129 cm³/mol. The molecule has 0 radical (unpaired) electrons. The van der Waals surface area contributed by atoms with Gasteiger partial charge in [-0.3, -0.25) is 9.59 Å². The van der Waals surface area contributed by atoms with Crippen LogP contribution in [-0.4, -0.2) is 40.8 Å². The minimum Gasteiger partial charge on any atom is -0.493 e. The normalized spacial score (nSPS) is 16.0. The van der Waals surface area contributed by atoms with Gasteiger partial charge in [-0.1, -0.05) is 44.7 Å². The third-order valence-electron chi connectivity index (χ3n) is 5.11. The molecule has 1 heterocycles. The number of nitrogens with zero attached hydrogens (tertiary/aromatic N) is 2. The van der Waals surface area contributed by atoms with Gasteiger partial charge in [0.15, 0.2) is 11.5 Å². The molecule has 0 aliphatic carbocycles. The van der Waals surface area contributed by atoms with Crippen molar-refractivity contribution in [2.24, 2.45) is 11.0 Å². The SMILES string of the molecule is CCC1SC(=O)N(Cc2ccc(NC(=O)C(C)C)cc2)N=C1c1ccc(OC(F)F)c(OC)c1. The Kier molecular flexibility index (Phi) is 8.49. The van der Waals surface area contributed by atoms with Crippen molar-refractivity contribution in [3.05, 3.63) is 53.6 Å². The second kappa shape index (κ2) is 11.3. The van der Waals surface area contributed by atoms with Crippen molar-refractivity contribution in [1.29, 1.82) is 0 Å². The molecule has 1 aliphatic rings. The quantitative estimate of drug-likeness (QED) is 0.484. The summed E-state index contributed by atoms with van der Waals surface area (Å²) in [6.45, 7) is 2.86. The van der Waals surface area contributed by atoms with Crippen LogP contribution in [0.4, 0.5) is 19.3 Å². The molecular weight excluding hydrogens is 464 g/mol. The van der Waals surface area contributed by atoms with E-state index in [-0.39, 0.29) is 40.4 Å². The van der Waals surface area contributed by atoms with E-state index in [2.05, 4.69) is 15.2 Å². The molecule has 2 aromatic carbocycles. The lowest BCUT2D eigenvalue weighted by molar-refractivity contribution is -0.118. The van der Waals surface area contributed by atoms with E-state index >= 15 is 0 Å². The molecule has 0 fully saturated rings. The Morgan fingerprint density at radius 1 is 1.18 bits per heavy atom. The van der Waals surface area contributed by atoms with Crippen LogP contribution in [0.15, 0.2) is 47.6 Å². The van der Waals surface area contributed by atoms with Gasteiger partial charge >= 0.3 is 11.9 Å². The molecule has 2 amide bonds. The first-order valence-electron chi connectivity index (χ1n) is 10.8. The fourth-order valence-corrected chi connectivity index (χ4v) is 4.20. The molecule has 34 heavy (non-hydrogen) atoms. The monoisotopic (exact) mass is 491 g/mol. The first-order chi connectivity index (χ1) is 16.2. The first kappa shape index (κ1) is 25.5. The third-order valence-corrected chi connectivity index (χ3v) is 6.37. The van der Waals surface area contributed by atoms with Crippen LogP contribution in [0.1, 0.15) is 38.3 Å². The molecule has 0 bridgehead atoms. The Balaban J connectivity index is 1.84. The van der Waals surface area contributed by atoms with Crippen LogP contribution < -0.4 is 14.8 Å². The van der Waals surface area contributed by atoms with Crippen molar-refractivity contribution in [3.8, 4) is 11.5 Å². The van der Waals surface area contributed by atoms with E-state index in [4.69, 9.17) is 4.74 Å². The summed E-state index contributed by atoms with van der Waals surface area (Å²) in [6.07, 6.45) is 0.658. The number of hydrogen-bond acceptors (Lipinski definition) is 6. The number of rotatable bonds is 9. The van der Waals surface area contributed by atoms with E-state index in [0.29, 0.717) is 23.4 Å². The maximum Gasteiger partial charge on any atom is 0.387 e. The predicted octanol–water partition coefficient (Wildman–Crippen LogP) is 5.74. The molecule has 0 saturated heterocycles. The van der Waals surface area contributed by atoms with Crippen LogP contribution in [-0.2, 0) is 11.3 Å². The number of halogens is 2. The summed E-state index contributed by atoms with van der Waals surface area (Å²) in [5.74, 6) is -0.119. The van der Waals surface area contributed by atoms with Gasteiger partial charge in [-0.25, -0.2) is 5.01 Å². The highest BCUT2D eigenvalue weighted by Crippen LogP contribution is 2.34. The van der Waals surface area contributed by atoms with E-state index in [9.17, 15) is 18.4 Å². The van der Waals surface area contributed by atoms with Gasteiger partial charge in [-0.15, -0.1) is 0 Å². The number of ether oxygens (including phenoxy) is 2. The molecule has 0 aromatic heterocycles. The lowest BCUT2D eigenvalue weighted by Crippen LogP contribution is -2.34. The van der Waals surface area contributed by atoms with E-state index < -0.39 is 6.61 Å². The molecule has 1 N–H and O–H groups in total. The Morgan fingerprint density at radius 2 is 1.88 bits per heavy atom. The molecule has 0 saturated carbocycles. The van der Waals surface area contributed by atoms with Gasteiger partial charge in [0.05, 0.1) is 24.6 Å². The summed E-state index contributed by atoms with van der Waals surface area (Å²) in [4.78, 5) is 24.6. The largest absolute Gasteiger partial charge is 0.493 e. The van der Waals surface area contributed by atoms with Crippen LogP contribution in [0.2, 0.25) is 0 Å². The number of nitrogens with one attached hydrogen (secondary N) is 1. The van der Waals surface area contributed by atoms with Crippen LogP contribution in [0.3, 0.4) is 0 Å². The van der Waals surface area contributed by atoms with Gasteiger partial charge in [0.25, 0.3) is 0 Å². The van der Waals surface area contributed by atoms with Crippen molar-refractivity contribution in [2.75, 3.05) is 12.4 Å². The number of carbonyl (C=O) groups is 2. The Bertz CT molecular complexity index is 1060. The molecule has 1 unspecified atom stereocenters. The highest BCUT2D eigenvalue weighted by atomic mass is 32.2. The molecule has 1 aliphatic heterocycles. The van der Waals surface area contributed by atoms with Gasteiger partial charge < -0.3 is 14.8 Å². The number of benzene rings is 2. The Hall–Kier alpha value is -3.14. The van der Waals surface area contributed by atoms with Gasteiger partial charge in [0, 0.05) is 17.2 Å². The Morgan fingerprint density at radius 3 is 2.47 bits per heavy atom. The van der Waals surface area contributed by atoms with Gasteiger partial charge in [-0.2, -0.15) is 13.9 Å². The van der Waals surface area contributed by atoms with Crippen molar-refractivity contribution in [1.82, 2.24) is 5.01 Å². The number of amides is 2. The van der Waals surface area contributed by atoms with Gasteiger partial charge in [-0.05, 0) is 42.3 Å². The number of alkyl halides is 2. The van der Waals surface area contributed by atoms with Crippen molar-refractivity contribution < 1.29 is 27.8 Å². The number of thioether (sulfide) groups is 1.